The van der Waals surface area contributed by atoms with E-state index in [-0.39, 0.29) is 24.0 Å². The molecule has 0 aromatic heterocycles. The summed E-state index contributed by atoms with van der Waals surface area (Å²) in [5.74, 6) is -0.954. The molecule has 1 N–H and O–H groups in total. The van der Waals surface area contributed by atoms with Crippen molar-refractivity contribution in [3.63, 3.8) is 0 Å². The van der Waals surface area contributed by atoms with Crippen LogP contribution in [0.2, 0.25) is 0 Å². The quantitative estimate of drug-likeness (QED) is 0.798. The fourth-order valence-electron chi connectivity index (χ4n) is 3.56. The number of ether oxygens (including phenoxy) is 1. The first-order valence-corrected chi connectivity index (χ1v) is 6.85. The number of likely N-dealkylation sites (tertiary alicyclic amines) is 1. The van der Waals surface area contributed by atoms with Gasteiger partial charge < -0.3 is 14.7 Å². The van der Waals surface area contributed by atoms with Crippen LogP contribution < -0.4 is 0 Å². The molecular formula is C13H19NO4. The number of piperidine rings is 1. The van der Waals surface area contributed by atoms with Crippen LogP contribution in [-0.4, -0.2) is 46.7 Å². The van der Waals surface area contributed by atoms with Gasteiger partial charge in [-0.15, -0.1) is 0 Å². The van der Waals surface area contributed by atoms with Crippen LogP contribution in [0, 0.1) is 5.92 Å². The Kier molecular flexibility index (Phi) is 3.01. The highest BCUT2D eigenvalue weighted by molar-refractivity contribution is 5.86. The Labute approximate surface area is 106 Å². The van der Waals surface area contributed by atoms with E-state index in [0.717, 1.165) is 32.1 Å². The molecule has 5 nitrogen and oxygen atoms in total. The summed E-state index contributed by atoms with van der Waals surface area (Å²) in [6.45, 7) is 0.587. The molecule has 3 heterocycles. The van der Waals surface area contributed by atoms with Crippen molar-refractivity contribution in [2.45, 2.75) is 56.8 Å². The van der Waals surface area contributed by atoms with Gasteiger partial charge in [-0.25, -0.2) is 4.79 Å². The lowest BCUT2D eigenvalue weighted by Crippen LogP contribution is -2.51. The number of carboxylic acid groups (broad SMARTS) is 1. The third-order valence-electron chi connectivity index (χ3n) is 4.49. The van der Waals surface area contributed by atoms with Gasteiger partial charge in [-0.3, -0.25) is 4.79 Å². The number of nitrogens with zero attached hydrogens (tertiary/aromatic N) is 1. The van der Waals surface area contributed by atoms with Crippen molar-refractivity contribution in [3.8, 4) is 0 Å². The van der Waals surface area contributed by atoms with Crippen LogP contribution in [-0.2, 0) is 14.3 Å². The smallest absolute Gasteiger partial charge is 0.326 e. The minimum atomic E-state index is -0.868. The van der Waals surface area contributed by atoms with Crippen molar-refractivity contribution in [1.29, 1.82) is 0 Å². The summed E-state index contributed by atoms with van der Waals surface area (Å²) < 4.78 is 5.70. The largest absolute Gasteiger partial charge is 0.480 e. The number of carboxylic acids is 1. The fourth-order valence-corrected chi connectivity index (χ4v) is 3.56. The maximum Gasteiger partial charge on any atom is 0.326 e. The van der Waals surface area contributed by atoms with E-state index >= 15 is 0 Å². The summed E-state index contributed by atoms with van der Waals surface area (Å²) in [5, 5.41) is 9.21. The van der Waals surface area contributed by atoms with E-state index in [1.54, 1.807) is 4.90 Å². The molecule has 3 saturated heterocycles. The zero-order valence-corrected chi connectivity index (χ0v) is 10.4. The highest BCUT2D eigenvalue weighted by atomic mass is 16.5. The Bertz CT molecular complexity index is 370. The van der Waals surface area contributed by atoms with E-state index in [1.165, 1.54) is 0 Å². The van der Waals surface area contributed by atoms with E-state index < -0.39 is 12.0 Å². The third kappa shape index (κ3) is 1.90. The normalized spacial score (nSPS) is 39.0. The zero-order valence-electron chi connectivity index (χ0n) is 10.4. The number of rotatable bonds is 2. The van der Waals surface area contributed by atoms with Crippen molar-refractivity contribution < 1.29 is 19.4 Å². The summed E-state index contributed by atoms with van der Waals surface area (Å²) in [4.78, 5) is 25.3. The van der Waals surface area contributed by atoms with Gasteiger partial charge in [-0.05, 0) is 38.5 Å². The summed E-state index contributed by atoms with van der Waals surface area (Å²) >= 11 is 0. The molecule has 4 atom stereocenters. The molecule has 2 bridgehead atoms. The van der Waals surface area contributed by atoms with Crippen LogP contribution >= 0.6 is 0 Å². The van der Waals surface area contributed by atoms with E-state index in [2.05, 4.69) is 0 Å². The van der Waals surface area contributed by atoms with E-state index in [4.69, 9.17) is 4.74 Å². The molecule has 5 heteroatoms. The maximum atomic E-state index is 12.5. The van der Waals surface area contributed by atoms with Gasteiger partial charge in [0.05, 0.1) is 18.1 Å². The predicted molar refractivity (Wildman–Crippen MR) is 63.0 cm³/mol. The van der Waals surface area contributed by atoms with Crippen molar-refractivity contribution >= 4 is 11.9 Å². The Morgan fingerprint density at radius 2 is 2.00 bits per heavy atom. The first-order chi connectivity index (χ1) is 8.66. The summed E-state index contributed by atoms with van der Waals surface area (Å²) in [5.41, 5.74) is 0. The van der Waals surface area contributed by atoms with Crippen LogP contribution in [0.4, 0.5) is 0 Å². The Hall–Kier alpha value is -1.10. The zero-order chi connectivity index (χ0) is 12.7. The van der Waals surface area contributed by atoms with Gasteiger partial charge in [-0.1, -0.05) is 0 Å². The molecule has 0 aliphatic carbocycles. The lowest BCUT2D eigenvalue weighted by Gasteiger charge is -2.35. The number of fused-ring (bicyclic) bond motifs is 2. The number of carbonyl (C=O) groups excluding carboxylic acids is 1. The first-order valence-electron chi connectivity index (χ1n) is 6.85. The van der Waals surface area contributed by atoms with Crippen LogP contribution in [0.5, 0.6) is 0 Å². The Morgan fingerprint density at radius 3 is 2.61 bits per heavy atom. The molecule has 0 aromatic rings. The monoisotopic (exact) mass is 253 g/mol. The van der Waals surface area contributed by atoms with Gasteiger partial charge in [0, 0.05) is 6.54 Å². The standard InChI is InChI=1S/C13H19NO4/c15-12(9-7-8-4-5-11(9)18-8)14-6-2-1-3-10(14)13(16)17/h8-11H,1-7H2,(H,16,17). The predicted octanol–water partition coefficient (Wildman–Crippen LogP) is 1.02. The molecular weight excluding hydrogens is 234 g/mol. The second kappa shape index (κ2) is 4.53. The van der Waals surface area contributed by atoms with Crippen molar-refractivity contribution in [3.05, 3.63) is 0 Å². The van der Waals surface area contributed by atoms with Gasteiger partial charge >= 0.3 is 5.97 Å². The molecule has 3 rings (SSSR count). The van der Waals surface area contributed by atoms with Crippen molar-refractivity contribution in [2.75, 3.05) is 6.54 Å². The SMILES string of the molecule is O=C(O)C1CCCCN1C(=O)C1CC2CCC1O2. The van der Waals surface area contributed by atoms with E-state index in [9.17, 15) is 14.7 Å². The van der Waals surface area contributed by atoms with Crippen LogP contribution in [0.3, 0.4) is 0 Å². The van der Waals surface area contributed by atoms with E-state index in [1.807, 2.05) is 0 Å². The highest BCUT2D eigenvalue weighted by Gasteiger charge is 2.47. The fraction of sp³-hybridized carbons (Fsp3) is 0.846. The second-order valence-corrected chi connectivity index (χ2v) is 5.60. The van der Waals surface area contributed by atoms with Crippen LogP contribution in [0.25, 0.3) is 0 Å². The van der Waals surface area contributed by atoms with Gasteiger partial charge in [0.2, 0.25) is 5.91 Å². The highest BCUT2D eigenvalue weighted by Crippen LogP contribution is 2.40. The van der Waals surface area contributed by atoms with Gasteiger partial charge in [0.25, 0.3) is 0 Å². The third-order valence-corrected chi connectivity index (χ3v) is 4.49. The molecule has 3 aliphatic heterocycles. The average Bonchev–Trinajstić information content (AvgIpc) is 3.00. The lowest BCUT2D eigenvalue weighted by molar-refractivity contribution is -0.154. The van der Waals surface area contributed by atoms with Gasteiger partial charge in [-0.2, -0.15) is 0 Å². The molecule has 0 radical (unpaired) electrons. The minimum Gasteiger partial charge on any atom is -0.480 e. The lowest BCUT2D eigenvalue weighted by atomic mass is 9.87. The molecule has 0 saturated carbocycles. The number of aliphatic carboxylic acids is 1. The van der Waals surface area contributed by atoms with E-state index in [0.29, 0.717) is 13.0 Å². The first kappa shape index (κ1) is 12.0. The Morgan fingerprint density at radius 1 is 1.17 bits per heavy atom. The molecule has 0 spiro atoms. The number of carbonyl (C=O) groups is 2. The number of hydrogen-bond acceptors (Lipinski definition) is 3. The topological polar surface area (TPSA) is 66.8 Å². The number of amides is 1. The molecule has 0 aromatic carbocycles. The summed E-state index contributed by atoms with van der Waals surface area (Å²) in [7, 11) is 0. The maximum absolute atomic E-state index is 12.5. The second-order valence-electron chi connectivity index (χ2n) is 5.60. The van der Waals surface area contributed by atoms with Gasteiger partial charge in [0.1, 0.15) is 6.04 Å². The summed E-state index contributed by atoms with van der Waals surface area (Å²) in [6.07, 6.45) is 5.46. The molecule has 1 amide bonds. The molecule has 4 unspecified atom stereocenters. The van der Waals surface area contributed by atoms with Crippen molar-refractivity contribution in [1.82, 2.24) is 4.90 Å². The molecule has 3 fully saturated rings. The van der Waals surface area contributed by atoms with Gasteiger partial charge in [0.15, 0.2) is 0 Å². The van der Waals surface area contributed by atoms with Crippen molar-refractivity contribution in [2.24, 2.45) is 5.92 Å². The summed E-state index contributed by atoms with van der Waals surface area (Å²) in [6, 6.07) is -0.620. The molecule has 100 valence electrons. The Balaban J connectivity index is 1.72. The molecule has 3 aliphatic rings. The minimum absolute atomic E-state index is 0.00861. The van der Waals surface area contributed by atoms with Crippen LogP contribution in [0.1, 0.15) is 38.5 Å². The number of hydrogen-bond donors (Lipinski definition) is 1. The van der Waals surface area contributed by atoms with Crippen LogP contribution in [0.15, 0.2) is 0 Å². The molecule has 18 heavy (non-hydrogen) atoms. The average molecular weight is 253 g/mol.